The molecule has 2 aromatic carbocycles. The highest BCUT2D eigenvalue weighted by atomic mass is 19.4. The van der Waals surface area contributed by atoms with Crippen LogP contribution < -0.4 is 0 Å². The smallest absolute Gasteiger partial charge is 0.317 e. The number of imidazole rings is 1. The molecule has 0 atom stereocenters. The predicted octanol–water partition coefficient (Wildman–Crippen LogP) is 4.21. The fraction of sp³-hybridized carbons (Fsp3) is 0.188. The van der Waals surface area contributed by atoms with Gasteiger partial charge in [-0.15, -0.1) is 0 Å². The summed E-state index contributed by atoms with van der Waals surface area (Å²) in [5, 5.41) is 0. The molecule has 0 aliphatic rings. The van der Waals surface area contributed by atoms with Crippen molar-refractivity contribution in [1.29, 1.82) is 0 Å². The van der Waals surface area contributed by atoms with Crippen molar-refractivity contribution in [2.45, 2.75) is 19.6 Å². The first kappa shape index (κ1) is 13.7. The topological polar surface area (TPSA) is 17.8 Å². The maximum atomic E-state index is 12.8. The van der Waals surface area contributed by atoms with Gasteiger partial charge in [-0.3, -0.25) is 0 Å². The van der Waals surface area contributed by atoms with Gasteiger partial charge in [-0.1, -0.05) is 18.2 Å². The highest BCUT2D eigenvalue weighted by Gasteiger charge is 2.30. The third-order valence-corrected chi connectivity index (χ3v) is 3.47. The van der Waals surface area contributed by atoms with Crippen molar-refractivity contribution in [3.63, 3.8) is 0 Å². The van der Waals surface area contributed by atoms with Gasteiger partial charge in [-0.25, -0.2) is 4.98 Å². The largest absolute Gasteiger partial charge is 0.416 e. The molecule has 0 spiro atoms. The Morgan fingerprint density at radius 2 is 1.90 bits per heavy atom. The van der Waals surface area contributed by atoms with E-state index in [1.165, 1.54) is 12.1 Å². The molecule has 107 valence electrons. The molecule has 0 amide bonds. The minimum atomic E-state index is -4.33. The van der Waals surface area contributed by atoms with Gasteiger partial charge in [0.15, 0.2) is 6.33 Å². The number of fused-ring (bicyclic) bond motifs is 1. The number of para-hydroxylation sites is 2. The van der Waals surface area contributed by atoms with E-state index in [2.05, 4.69) is 11.3 Å². The van der Waals surface area contributed by atoms with Crippen molar-refractivity contribution in [3.05, 3.63) is 65.5 Å². The number of hydrogen-bond donors (Lipinski definition) is 0. The normalized spacial score (nSPS) is 12.0. The second-order valence-corrected chi connectivity index (χ2v) is 4.93. The number of nitrogens with zero attached hydrogens (tertiary/aromatic N) is 2. The lowest BCUT2D eigenvalue weighted by molar-refractivity contribution is -0.137. The monoisotopic (exact) mass is 289 g/mol. The van der Waals surface area contributed by atoms with Crippen LogP contribution in [0.3, 0.4) is 0 Å². The zero-order valence-electron chi connectivity index (χ0n) is 11.3. The fourth-order valence-electron chi connectivity index (χ4n) is 2.26. The average Bonchev–Trinajstić information content (AvgIpc) is 2.83. The molecule has 21 heavy (non-hydrogen) atoms. The van der Waals surface area contributed by atoms with Gasteiger partial charge >= 0.3 is 6.18 Å². The quantitative estimate of drug-likeness (QED) is 0.691. The standard InChI is InChI=1S/C16H12F3N2/c1-11-6-7-13(16(17,18)19)8-12(11)9-21-10-20-14-4-2-3-5-15(14)21/h2-8H,9H2,1H3. The van der Waals surface area contributed by atoms with Crippen LogP contribution in [0.1, 0.15) is 16.7 Å². The number of hydrogen-bond acceptors (Lipinski definition) is 1. The van der Waals surface area contributed by atoms with Crippen LogP contribution in [0.15, 0.2) is 42.5 Å². The van der Waals surface area contributed by atoms with Crippen molar-refractivity contribution in [1.82, 2.24) is 9.55 Å². The van der Waals surface area contributed by atoms with Crippen LogP contribution in [-0.2, 0) is 12.7 Å². The third kappa shape index (κ3) is 2.63. The van der Waals surface area contributed by atoms with Crippen LogP contribution in [0.25, 0.3) is 11.0 Å². The zero-order valence-corrected chi connectivity index (χ0v) is 11.3. The highest BCUT2D eigenvalue weighted by molar-refractivity contribution is 5.74. The molecule has 0 saturated heterocycles. The van der Waals surface area contributed by atoms with Gasteiger partial charge in [0.1, 0.15) is 0 Å². The Bertz CT molecular complexity index is 788. The Labute approximate surface area is 119 Å². The van der Waals surface area contributed by atoms with Crippen LogP contribution in [0.5, 0.6) is 0 Å². The van der Waals surface area contributed by atoms with Gasteiger partial charge in [0.25, 0.3) is 0 Å². The molecule has 0 saturated carbocycles. The van der Waals surface area contributed by atoms with Crippen molar-refractivity contribution >= 4 is 11.0 Å². The number of rotatable bonds is 2. The molecule has 3 rings (SSSR count). The second kappa shape index (κ2) is 4.91. The lowest BCUT2D eigenvalue weighted by Gasteiger charge is -2.12. The fourth-order valence-corrected chi connectivity index (χ4v) is 2.26. The van der Waals surface area contributed by atoms with E-state index in [-0.39, 0.29) is 0 Å². The van der Waals surface area contributed by atoms with Crippen molar-refractivity contribution in [3.8, 4) is 0 Å². The van der Waals surface area contributed by atoms with E-state index < -0.39 is 11.7 Å². The Hall–Kier alpha value is -2.30. The second-order valence-electron chi connectivity index (χ2n) is 4.93. The number of benzene rings is 2. The van der Waals surface area contributed by atoms with Crippen LogP contribution in [0.2, 0.25) is 0 Å². The Kier molecular flexibility index (Phi) is 3.20. The molecule has 0 aliphatic carbocycles. The molecule has 0 N–H and O–H groups in total. The first-order valence-corrected chi connectivity index (χ1v) is 6.45. The Morgan fingerprint density at radius 3 is 2.67 bits per heavy atom. The van der Waals surface area contributed by atoms with E-state index in [9.17, 15) is 13.2 Å². The molecule has 0 aliphatic heterocycles. The van der Waals surface area contributed by atoms with E-state index in [0.29, 0.717) is 12.1 Å². The summed E-state index contributed by atoms with van der Waals surface area (Å²) in [7, 11) is 0. The van der Waals surface area contributed by atoms with Crippen LogP contribution in [0.4, 0.5) is 13.2 Å². The Balaban J connectivity index is 2.01. The molecular formula is C16H12F3N2. The van der Waals surface area contributed by atoms with Gasteiger partial charge in [-0.2, -0.15) is 13.2 Å². The predicted molar refractivity (Wildman–Crippen MR) is 73.9 cm³/mol. The van der Waals surface area contributed by atoms with E-state index in [1.807, 2.05) is 24.3 Å². The maximum Gasteiger partial charge on any atom is 0.416 e. The first-order valence-electron chi connectivity index (χ1n) is 6.45. The Morgan fingerprint density at radius 1 is 1.14 bits per heavy atom. The van der Waals surface area contributed by atoms with Crippen molar-refractivity contribution < 1.29 is 13.2 Å². The molecule has 0 unspecified atom stereocenters. The lowest BCUT2D eigenvalue weighted by Crippen LogP contribution is -2.08. The molecular weight excluding hydrogens is 277 g/mol. The molecule has 5 heteroatoms. The van der Waals surface area contributed by atoms with Gasteiger partial charge < -0.3 is 4.57 Å². The molecule has 0 fully saturated rings. The minimum absolute atomic E-state index is 0.316. The molecule has 3 aromatic rings. The van der Waals surface area contributed by atoms with Crippen LogP contribution in [0, 0.1) is 13.3 Å². The van der Waals surface area contributed by atoms with Crippen molar-refractivity contribution in [2.24, 2.45) is 0 Å². The molecule has 1 radical (unpaired) electrons. The zero-order chi connectivity index (χ0) is 15.0. The molecule has 0 bridgehead atoms. The SMILES string of the molecule is Cc1ccc(C(F)(F)F)cc1Cn1[c]nc2ccccc21. The third-order valence-electron chi connectivity index (χ3n) is 3.47. The number of aromatic nitrogens is 2. The summed E-state index contributed by atoms with van der Waals surface area (Å²) < 4.78 is 40.1. The maximum absolute atomic E-state index is 12.8. The van der Waals surface area contributed by atoms with E-state index in [4.69, 9.17) is 0 Å². The first-order chi connectivity index (χ1) is 9.95. The summed E-state index contributed by atoms with van der Waals surface area (Å²) in [6.07, 6.45) is -1.50. The van der Waals surface area contributed by atoms with Crippen molar-refractivity contribution in [2.75, 3.05) is 0 Å². The van der Waals surface area contributed by atoms with Gasteiger partial charge in [-0.05, 0) is 42.3 Å². The lowest BCUT2D eigenvalue weighted by atomic mass is 10.0. The number of alkyl halides is 3. The average molecular weight is 289 g/mol. The molecule has 1 aromatic heterocycles. The molecule has 2 nitrogen and oxygen atoms in total. The highest BCUT2D eigenvalue weighted by Crippen LogP contribution is 2.30. The summed E-state index contributed by atoms with van der Waals surface area (Å²) in [5.74, 6) is 0. The summed E-state index contributed by atoms with van der Waals surface area (Å²) in [5.41, 5.74) is 2.43. The summed E-state index contributed by atoms with van der Waals surface area (Å²) in [6.45, 7) is 2.12. The van der Waals surface area contributed by atoms with Gasteiger partial charge in [0.2, 0.25) is 0 Å². The van der Waals surface area contributed by atoms with Crippen LogP contribution in [-0.4, -0.2) is 9.55 Å². The summed E-state index contributed by atoms with van der Waals surface area (Å²) >= 11 is 0. The van der Waals surface area contributed by atoms with E-state index >= 15 is 0 Å². The summed E-state index contributed by atoms with van der Waals surface area (Å²) in [6, 6.07) is 11.3. The van der Waals surface area contributed by atoms with E-state index in [1.54, 1.807) is 11.5 Å². The van der Waals surface area contributed by atoms with Gasteiger partial charge in [0.05, 0.1) is 23.1 Å². The van der Waals surface area contributed by atoms with Gasteiger partial charge in [0, 0.05) is 0 Å². The van der Waals surface area contributed by atoms with Crippen LogP contribution >= 0.6 is 0 Å². The minimum Gasteiger partial charge on any atom is -0.317 e. The van der Waals surface area contributed by atoms with E-state index in [0.717, 1.165) is 22.7 Å². The number of halogens is 3. The molecule has 1 heterocycles. The number of aryl methyl sites for hydroxylation is 1. The summed E-state index contributed by atoms with van der Waals surface area (Å²) in [4.78, 5) is 4.13.